The van der Waals surface area contributed by atoms with Gasteiger partial charge in [-0.1, -0.05) is 30.0 Å². The van der Waals surface area contributed by atoms with Gasteiger partial charge in [0.15, 0.2) is 0 Å². The van der Waals surface area contributed by atoms with E-state index < -0.39 is 6.10 Å². The molecule has 1 aliphatic heterocycles. The molecule has 1 heterocycles. The minimum atomic E-state index is -0.629. The van der Waals surface area contributed by atoms with Crippen molar-refractivity contribution < 1.29 is 14.6 Å². The summed E-state index contributed by atoms with van der Waals surface area (Å²) in [6.45, 7) is 1.94. The molecule has 2 rings (SSSR count). The summed E-state index contributed by atoms with van der Waals surface area (Å²) in [4.78, 5) is 0. The number of benzene rings is 1. The molecule has 2 atom stereocenters. The van der Waals surface area contributed by atoms with Crippen molar-refractivity contribution in [2.24, 2.45) is 0 Å². The largest absolute Gasteiger partial charge is 0.380 e. The van der Waals surface area contributed by atoms with Crippen LogP contribution >= 0.6 is 0 Å². The summed E-state index contributed by atoms with van der Waals surface area (Å²) >= 11 is 0. The van der Waals surface area contributed by atoms with Crippen LogP contribution in [0.4, 0.5) is 0 Å². The zero-order valence-electron chi connectivity index (χ0n) is 9.63. The lowest BCUT2D eigenvalue weighted by molar-refractivity contribution is 0.0895. The number of ether oxygens (including phenoxy) is 2. The second kappa shape index (κ2) is 6.41. The molecule has 0 aliphatic carbocycles. The Morgan fingerprint density at radius 1 is 1.41 bits per heavy atom. The SMILES string of the molecule is OC(C#Cc1ccccc1)CCOCC1CO1. The van der Waals surface area contributed by atoms with E-state index in [0.29, 0.717) is 19.6 Å². The molecule has 1 fully saturated rings. The van der Waals surface area contributed by atoms with Crippen molar-refractivity contribution in [3.8, 4) is 11.8 Å². The van der Waals surface area contributed by atoms with Gasteiger partial charge in [-0.2, -0.15) is 0 Å². The molecular formula is C14H16O3. The van der Waals surface area contributed by atoms with Gasteiger partial charge in [0.2, 0.25) is 0 Å². The second-order valence-electron chi connectivity index (χ2n) is 3.97. The molecule has 1 aliphatic rings. The van der Waals surface area contributed by atoms with Gasteiger partial charge in [-0.25, -0.2) is 0 Å². The molecule has 90 valence electrons. The van der Waals surface area contributed by atoms with Gasteiger partial charge in [0.05, 0.1) is 19.8 Å². The highest BCUT2D eigenvalue weighted by molar-refractivity contribution is 5.34. The molecule has 1 saturated heterocycles. The highest BCUT2D eigenvalue weighted by Crippen LogP contribution is 2.08. The number of epoxide rings is 1. The Labute approximate surface area is 101 Å². The van der Waals surface area contributed by atoms with E-state index in [1.165, 1.54) is 0 Å². The monoisotopic (exact) mass is 232 g/mol. The summed E-state index contributed by atoms with van der Waals surface area (Å²) in [5.41, 5.74) is 0.916. The molecule has 0 amide bonds. The first-order valence-electron chi connectivity index (χ1n) is 5.78. The quantitative estimate of drug-likeness (QED) is 0.471. The molecule has 1 N–H and O–H groups in total. The molecule has 2 unspecified atom stereocenters. The number of hydrogen-bond acceptors (Lipinski definition) is 3. The molecular weight excluding hydrogens is 216 g/mol. The predicted octanol–water partition coefficient (Wildman–Crippen LogP) is 1.20. The summed E-state index contributed by atoms with van der Waals surface area (Å²) < 4.78 is 10.3. The van der Waals surface area contributed by atoms with Gasteiger partial charge >= 0.3 is 0 Å². The second-order valence-corrected chi connectivity index (χ2v) is 3.97. The van der Waals surface area contributed by atoms with Crippen LogP contribution in [0.5, 0.6) is 0 Å². The van der Waals surface area contributed by atoms with Gasteiger partial charge in [-0.05, 0) is 12.1 Å². The van der Waals surface area contributed by atoms with Crippen LogP contribution in [0, 0.1) is 11.8 Å². The first-order valence-corrected chi connectivity index (χ1v) is 5.78. The van der Waals surface area contributed by atoms with Crippen molar-refractivity contribution in [2.75, 3.05) is 19.8 Å². The smallest absolute Gasteiger partial charge is 0.117 e. The maximum absolute atomic E-state index is 9.61. The highest BCUT2D eigenvalue weighted by Gasteiger charge is 2.22. The van der Waals surface area contributed by atoms with E-state index in [2.05, 4.69) is 11.8 Å². The fourth-order valence-electron chi connectivity index (χ4n) is 1.33. The Balaban J connectivity index is 1.65. The fourth-order valence-corrected chi connectivity index (χ4v) is 1.33. The number of rotatable bonds is 5. The molecule has 3 heteroatoms. The Kier molecular flexibility index (Phi) is 4.57. The molecule has 0 radical (unpaired) electrons. The molecule has 17 heavy (non-hydrogen) atoms. The average molecular weight is 232 g/mol. The number of aliphatic hydroxyl groups excluding tert-OH is 1. The van der Waals surface area contributed by atoms with Crippen LogP contribution in [0.2, 0.25) is 0 Å². The highest BCUT2D eigenvalue weighted by atomic mass is 16.6. The summed E-state index contributed by atoms with van der Waals surface area (Å²) in [7, 11) is 0. The van der Waals surface area contributed by atoms with Crippen molar-refractivity contribution in [3.63, 3.8) is 0 Å². The maximum Gasteiger partial charge on any atom is 0.117 e. The van der Waals surface area contributed by atoms with Crippen molar-refractivity contribution in [1.82, 2.24) is 0 Å². The summed E-state index contributed by atoms with van der Waals surface area (Å²) in [5.74, 6) is 5.72. The van der Waals surface area contributed by atoms with E-state index in [9.17, 15) is 5.11 Å². The van der Waals surface area contributed by atoms with Crippen molar-refractivity contribution in [3.05, 3.63) is 35.9 Å². The van der Waals surface area contributed by atoms with Crippen LogP contribution in [0.1, 0.15) is 12.0 Å². The van der Waals surface area contributed by atoms with Gasteiger partial charge < -0.3 is 14.6 Å². The third-order valence-corrected chi connectivity index (χ3v) is 2.40. The minimum absolute atomic E-state index is 0.280. The third kappa shape index (κ3) is 5.01. The van der Waals surface area contributed by atoms with E-state index >= 15 is 0 Å². The van der Waals surface area contributed by atoms with E-state index in [-0.39, 0.29) is 6.10 Å². The van der Waals surface area contributed by atoms with Crippen LogP contribution in [-0.4, -0.2) is 37.1 Å². The summed E-state index contributed by atoms with van der Waals surface area (Å²) in [6.07, 6.45) is 0.185. The zero-order chi connectivity index (χ0) is 11.9. The van der Waals surface area contributed by atoms with Crippen molar-refractivity contribution in [1.29, 1.82) is 0 Å². The normalized spacial score (nSPS) is 19.2. The van der Waals surface area contributed by atoms with Crippen LogP contribution in [0.3, 0.4) is 0 Å². The third-order valence-electron chi connectivity index (χ3n) is 2.40. The molecule has 3 nitrogen and oxygen atoms in total. The lowest BCUT2D eigenvalue weighted by Crippen LogP contribution is -2.10. The Morgan fingerprint density at radius 3 is 2.88 bits per heavy atom. The van der Waals surface area contributed by atoms with Crippen LogP contribution in [-0.2, 0) is 9.47 Å². The molecule has 0 bridgehead atoms. The van der Waals surface area contributed by atoms with Crippen molar-refractivity contribution >= 4 is 0 Å². The standard InChI is InChI=1S/C14H16O3/c15-13(8-9-16-10-14-11-17-14)7-6-12-4-2-1-3-5-12/h1-5,13-15H,8-11H2. The summed E-state index contributed by atoms with van der Waals surface area (Å²) in [6, 6.07) is 9.63. The molecule has 1 aromatic carbocycles. The van der Waals surface area contributed by atoms with E-state index in [0.717, 1.165) is 12.2 Å². The lowest BCUT2D eigenvalue weighted by Gasteiger charge is -2.03. The number of aliphatic hydroxyl groups is 1. The molecule has 0 saturated carbocycles. The number of hydrogen-bond donors (Lipinski definition) is 1. The van der Waals surface area contributed by atoms with Crippen LogP contribution < -0.4 is 0 Å². The van der Waals surface area contributed by atoms with Gasteiger partial charge in [0.25, 0.3) is 0 Å². The van der Waals surface area contributed by atoms with Gasteiger partial charge in [-0.3, -0.25) is 0 Å². The van der Waals surface area contributed by atoms with E-state index in [1.807, 2.05) is 30.3 Å². The molecule has 0 spiro atoms. The van der Waals surface area contributed by atoms with Crippen molar-refractivity contribution in [2.45, 2.75) is 18.6 Å². The lowest BCUT2D eigenvalue weighted by atomic mass is 10.2. The minimum Gasteiger partial charge on any atom is -0.380 e. The average Bonchev–Trinajstić information content (AvgIpc) is 3.17. The first kappa shape index (κ1) is 12.1. The summed E-state index contributed by atoms with van der Waals surface area (Å²) in [5, 5.41) is 9.61. The van der Waals surface area contributed by atoms with Crippen LogP contribution in [0.25, 0.3) is 0 Å². The predicted molar refractivity (Wildman–Crippen MR) is 64.5 cm³/mol. The molecule has 0 aromatic heterocycles. The first-order chi connectivity index (χ1) is 8.34. The maximum atomic E-state index is 9.61. The fraction of sp³-hybridized carbons (Fsp3) is 0.429. The van der Waals surface area contributed by atoms with Crippen LogP contribution in [0.15, 0.2) is 30.3 Å². The topological polar surface area (TPSA) is 42.0 Å². The van der Waals surface area contributed by atoms with Gasteiger partial charge in [0.1, 0.15) is 12.2 Å². The molecule has 1 aromatic rings. The zero-order valence-corrected chi connectivity index (χ0v) is 9.63. The Hall–Kier alpha value is -1.34. The van der Waals surface area contributed by atoms with E-state index in [4.69, 9.17) is 9.47 Å². The Bertz CT molecular complexity index is 387. The van der Waals surface area contributed by atoms with Gasteiger partial charge in [0, 0.05) is 12.0 Å². The Morgan fingerprint density at radius 2 is 2.18 bits per heavy atom. The van der Waals surface area contributed by atoms with Gasteiger partial charge in [-0.15, -0.1) is 0 Å². The van der Waals surface area contributed by atoms with E-state index in [1.54, 1.807) is 0 Å².